The predicted octanol–water partition coefficient (Wildman–Crippen LogP) is 1.52. The molecule has 1 heterocycles. The van der Waals surface area contributed by atoms with E-state index < -0.39 is 0 Å². The summed E-state index contributed by atoms with van der Waals surface area (Å²) >= 11 is 0. The van der Waals surface area contributed by atoms with Crippen LogP contribution < -0.4 is 5.73 Å². The van der Waals surface area contributed by atoms with Crippen LogP contribution in [0.25, 0.3) is 0 Å². The SMILES string of the molecule is C[C@H]1CC[C@@H]1c1cc(N)nn1C. The number of nitrogens with zero attached hydrogens (tertiary/aromatic N) is 2. The number of hydrogen-bond donors (Lipinski definition) is 1. The fourth-order valence-electron chi connectivity index (χ4n) is 1.96. The van der Waals surface area contributed by atoms with Gasteiger partial charge in [-0.05, 0) is 18.8 Å². The van der Waals surface area contributed by atoms with Crippen molar-refractivity contribution in [3.8, 4) is 0 Å². The zero-order valence-corrected chi connectivity index (χ0v) is 7.62. The van der Waals surface area contributed by atoms with Crippen LogP contribution in [0.2, 0.25) is 0 Å². The number of aryl methyl sites for hydroxylation is 1. The number of aromatic nitrogens is 2. The van der Waals surface area contributed by atoms with Crippen molar-refractivity contribution < 1.29 is 0 Å². The number of nitrogen functional groups attached to an aromatic ring is 1. The molecule has 0 aliphatic heterocycles. The van der Waals surface area contributed by atoms with Crippen LogP contribution in [0.5, 0.6) is 0 Å². The standard InChI is InChI=1S/C9H15N3/c1-6-3-4-7(6)8-5-9(10)11-12(8)2/h5-7H,3-4H2,1-2H3,(H2,10,11)/t6-,7-/m0/s1. The van der Waals surface area contributed by atoms with Gasteiger partial charge in [0.2, 0.25) is 0 Å². The summed E-state index contributed by atoms with van der Waals surface area (Å²) in [7, 11) is 1.97. The van der Waals surface area contributed by atoms with Crippen molar-refractivity contribution in [2.45, 2.75) is 25.7 Å². The quantitative estimate of drug-likeness (QED) is 0.685. The van der Waals surface area contributed by atoms with Gasteiger partial charge in [-0.25, -0.2) is 0 Å². The van der Waals surface area contributed by atoms with Gasteiger partial charge in [-0.1, -0.05) is 6.92 Å². The van der Waals surface area contributed by atoms with Gasteiger partial charge < -0.3 is 5.73 Å². The van der Waals surface area contributed by atoms with Crippen molar-refractivity contribution >= 4 is 5.82 Å². The van der Waals surface area contributed by atoms with Crippen LogP contribution in [0.15, 0.2) is 6.07 Å². The van der Waals surface area contributed by atoms with E-state index in [1.54, 1.807) is 0 Å². The highest BCUT2D eigenvalue weighted by atomic mass is 15.3. The monoisotopic (exact) mass is 165 g/mol. The number of hydrogen-bond acceptors (Lipinski definition) is 2. The second-order valence-corrected chi connectivity index (χ2v) is 3.78. The van der Waals surface area contributed by atoms with Gasteiger partial charge in [-0.3, -0.25) is 4.68 Å². The van der Waals surface area contributed by atoms with E-state index in [1.807, 2.05) is 17.8 Å². The second kappa shape index (κ2) is 2.51. The Morgan fingerprint density at radius 2 is 2.33 bits per heavy atom. The van der Waals surface area contributed by atoms with E-state index in [-0.39, 0.29) is 0 Å². The number of anilines is 1. The van der Waals surface area contributed by atoms with E-state index >= 15 is 0 Å². The van der Waals surface area contributed by atoms with Gasteiger partial charge in [0.25, 0.3) is 0 Å². The Morgan fingerprint density at radius 3 is 2.67 bits per heavy atom. The molecule has 12 heavy (non-hydrogen) atoms. The molecule has 1 saturated carbocycles. The smallest absolute Gasteiger partial charge is 0.145 e. The summed E-state index contributed by atoms with van der Waals surface area (Å²) in [5.41, 5.74) is 6.91. The Labute approximate surface area is 72.6 Å². The normalized spacial score (nSPS) is 28.5. The van der Waals surface area contributed by atoms with Gasteiger partial charge >= 0.3 is 0 Å². The molecule has 2 rings (SSSR count). The van der Waals surface area contributed by atoms with Crippen molar-refractivity contribution in [3.63, 3.8) is 0 Å². The van der Waals surface area contributed by atoms with E-state index in [4.69, 9.17) is 5.73 Å². The largest absolute Gasteiger partial charge is 0.382 e. The van der Waals surface area contributed by atoms with Crippen molar-refractivity contribution in [1.29, 1.82) is 0 Å². The van der Waals surface area contributed by atoms with Gasteiger partial charge in [0.1, 0.15) is 5.82 Å². The third-order valence-electron chi connectivity index (χ3n) is 2.93. The van der Waals surface area contributed by atoms with Gasteiger partial charge in [0.05, 0.1) is 0 Å². The Bertz CT molecular complexity index is 290. The average Bonchev–Trinajstić information content (AvgIpc) is 2.28. The number of rotatable bonds is 1. The fourth-order valence-corrected chi connectivity index (χ4v) is 1.96. The van der Waals surface area contributed by atoms with Gasteiger partial charge in [-0.2, -0.15) is 5.10 Å². The highest BCUT2D eigenvalue weighted by molar-refractivity contribution is 5.32. The first-order chi connectivity index (χ1) is 5.68. The highest BCUT2D eigenvalue weighted by Gasteiger charge is 2.30. The Morgan fingerprint density at radius 1 is 1.58 bits per heavy atom. The van der Waals surface area contributed by atoms with Crippen LogP contribution >= 0.6 is 0 Å². The third-order valence-corrected chi connectivity index (χ3v) is 2.93. The van der Waals surface area contributed by atoms with Crippen molar-refractivity contribution in [2.75, 3.05) is 5.73 Å². The molecule has 1 fully saturated rings. The molecule has 1 aromatic heterocycles. The summed E-state index contributed by atoms with van der Waals surface area (Å²) in [4.78, 5) is 0. The van der Waals surface area contributed by atoms with Gasteiger partial charge in [-0.15, -0.1) is 0 Å². The lowest BCUT2D eigenvalue weighted by Crippen LogP contribution is -2.22. The molecule has 1 aromatic rings. The molecular formula is C9H15N3. The topological polar surface area (TPSA) is 43.8 Å². The summed E-state index contributed by atoms with van der Waals surface area (Å²) in [6.45, 7) is 2.29. The van der Waals surface area contributed by atoms with Crippen LogP contribution in [-0.2, 0) is 7.05 Å². The maximum atomic E-state index is 5.61. The van der Waals surface area contributed by atoms with Crippen LogP contribution in [0, 0.1) is 5.92 Å². The molecule has 0 aromatic carbocycles. The van der Waals surface area contributed by atoms with E-state index in [0.29, 0.717) is 11.7 Å². The summed E-state index contributed by atoms with van der Waals surface area (Å²) in [6.07, 6.45) is 2.63. The van der Waals surface area contributed by atoms with E-state index in [0.717, 1.165) is 5.92 Å². The van der Waals surface area contributed by atoms with E-state index in [9.17, 15) is 0 Å². The van der Waals surface area contributed by atoms with Crippen LogP contribution in [0.4, 0.5) is 5.82 Å². The zero-order valence-electron chi connectivity index (χ0n) is 7.62. The zero-order chi connectivity index (χ0) is 8.72. The van der Waals surface area contributed by atoms with Gasteiger partial charge in [0.15, 0.2) is 0 Å². The van der Waals surface area contributed by atoms with Crippen LogP contribution in [-0.4, -0.2) is 9.78 Å². The maximum absolute atomic E-state index is 5.61. The minimum absolute atomic E-state index is 0.645. The van der Waals surface area contributed by atoms with Crippen molar-refractivity contribution in [1.82, 2.24) is 9.78 Å². The Kier molecular flexibility index (Phi) is 1.60. The summed E-state index contributed by atoms with van der Waals surface area (Å²) < 4.78 is 1.91. The van der Waals surface area contributed by atoms with E-state index in [2.05, 4.69) is 12.0 Å². The van der Waals surface area contributed by atoms with Crippen LogP contribution in [0.1, 0.15) is 31.4 Å². The molecule has 0 amide bonds. The molecular weight excluding hydrogens is 150 g/mol. The molecule has 66 valence electrons. The van der Waals surface area contributed by atoms with Crippen molar-refractivity contribution in [3.05, 3.63) is 11.8 Å². The summed E-state index contributed by atoms with van der Waals surface area (Å²) in [6, 6.07) is 2.00. The summed E-state index contributed by atoms with van der Waals surface area (Å²) in [5, 5.41) is 4.14. The lowest BCUT2D eigenvalue weighted by atomic mass is 9.73. The second-order valence-electron chi connectivity index (χ2n) is 3.78. The molecule has 2 N–H and O–H groups in total. The molecule has 1 aliphatic carbocycles. The van der Waals surface area contributed by atoms with Crippen LogP contribution in [0.3, 0.4) is 0 Å². The fraction of sp³-hybridized carbons (Fsp3) is 0.667. The minimum atomic E-state index is 0.645. The number of nitrogens with two attached hydrogens (primary N) is 1. The highest BCUT2D eigenvalue weighted by Crippen LogP contribution is 2.42. The first kappa shape index (κ1) is 7.65. The third kappa shape index (κ3) is 1.00. The maximum Gasteiger partial charge on any atom is 0.145 e. The molecule has 0 radical (unpaired) electrons. The van der Waals surface area contributed by atoms with Gasteiger partial charge in [0, 0.05) is 24.7 Å². The molecule has 0 bridgehead atoms. The molecule has 3 nitrogen and oxygen atoms in total. The first-order valence-electron chi connectivity index (χ1n) is 4.48. The first-order valence-corrected chi connectivity index (χ1v) is 4.48. The average molecular weight is 165 g/mol. The predicted molar refractivity (Wildman–Crippen MR) is 48.8 cm³/mol. The van der Waals surface area contributed by atoms with Crippen molar-refractivity contribution in [2.24, 2.45) is 13.0 Å². The Hall–Kier alpha value is -0.990. The summed E-state index contributed by atoms with van der Waals surface area (Å²) in [5.74, 6) is 2.14. The Balaban J connectivity index is 2.27. The molecule has 0 spiro atoms. The lowest BCUT2D eigenvalue weighted by Gasteiger charge is -2.33. The lowest BCUT2D eigenvalue weighted by molar-refractivity contribution is 0.268. The molecule has 0 saturated heterocycles. The molecule has 2 atom stereocenters. The molecule has 0 unspecified atom stereocenters. The minimum Gasteiger partial charge on any atom is -0.382 e. The molecule has 1 aliphatic rings. The van der Waals surface area contributed by atoms with E-state index in [1.165, 1.54) is 18.5 Å². The molecule has 3 heteroatoms.